The van der Waals surface area contributed by atoms with Crippen molar-refractivity contribution >= 4 is 15.9 Å². The second kappa shape index (κ2) is 11.5. The van der Waals surface area contributed by atoms with Crippen LogP contribution in [0.1, 0.15) is 26.7 Å². The first-order chi connectivity index (χ1) is 17.6. The Bertz CT molecular complexity index is 1200. The van der Waals surface area contributed by atoms with Crippen LogP contribution < -0.4 is 4.74 Å². The van der Waals surface area contributed by atoms with Gasteiger partial charge in [-0.2, -0.15) is 4.31 Å². The van der Waals surface area contributed by atoms with Gasteiger partial charge in [0.1, 0.15) is 22.6 Å². The molecule has 2 aromatic rings. The van der Waals surface area contributed by atoms with E-state index in [1.54, 1.807) is 43.1 Å². The summed E-state index contributed by atoms with van der Waals surface area (Å²) in [4.78, 5) is 14.8. The Balaban J connectivity index is 1.71. The maximum Gasteiger partial charge on any atom is 0.247 e. The van der Waals surface area contributed by atoms with Crippen molar-refractivity contribution in [2.75, 3.05) is 40.0 Å². The molecule has 10 heteroatoms. The van der Waals surface area contributed by atoms with Crippen LogP contribution in [-0.2, 0) is 19.6 Å². The number of aliphatic hydroxyl groups excluding tert-OH is 1. The molecule has 202 valence electrons. The van der Waals surface area contributed by atoms with Crippen LogP contribution in [0.15, 0.2) is 47.4 Å². The van der Waals surface area contributed by atoms with E-state index in [0.29, 0.717) is 37.2 Å². The van der Waals surface area contributed by atoms with Crippen LogP contribution in [0, 0.1) is 17.7 Å². The van der Waals surface area contributed by atoms with Crippen molar-refractivity contribution in [2.45, 2.75) is 43.7 Å². The smallest absolute Gasteiger partial charge is 0.247 e. The quantitative estimate of drug-likeness (QED) is 0.612. The van der Waals surface area contributed by atoms with E-state index in [4.69, 9.17) is 9.47 Å². The number of amides is 1. The summed E-state index contributed by atoms with van der Waals surface area (Å²) in [5.41, 5.74) is 1.39. The predicted molar refractivity (Wildman–Crippen MR) is 137 cm³/mol. The number of hydrogen-bond acceptors (Lipinski definition) is 6. The zero-order chi connectivity index (χ0) is 26.7. The van der Waals surface area contributed by atoms with E-state index in [2.05, 4.69) is 0 Å². The zero-order valence-corrected chi connectivity index (χ0v) is 22.3. The fraction of sp³-hybridized carbons (Fsp3) is 0.519. The van der Waals surface area contributed by atoms with Gasteiger partial charge in [0.2, 0.25) is 15.9 Å². The maximum atomic E-state index is 13.7. The highest BCUT2D eigenvalue weighted by Gasteiger charge is 2.39. The molecule has 1 N–H and O–H groups in total. The van der Waals surface area contributed by atoms with Gasteiger partial charge in [-0.3, -0.25) is 4.79 Å². The minimum absolute atomic E-state index is 0.00558. The molecule has 2 aliphatic rings. The number of sulfonamides is 1. The van der Waals surface area contributed by atoms with Crippen molar-refractivity contribution in [2.24, 2.45) is 11.8 Å². The van der Waals surface area contributed by atoms with Crippen LogP contribution in [0.3, 0.4) is 0 Å². The van der Waals surface area contributed by atoms with E-state index in [0.717, 1.165) is 0 Å². The van der Waals surface area contributed by atoms with Gasteiger partial charge in [0.05, 0.1) is 13.2 Å². The molecule has 2 aliphatic heterocycles. The Morgan fingerprint density at radius 2 is 1.81 bits per heavy atom. The summed E-state index contributed by atoms with van der Waals surface area (Å²) in [6.45, 7) is 4.75. The molecule has 0 aliphatic carbocycles. The summed E-state index contributed by atoms with van der Waals surface area (Å²) in [6.07, 6.45) is 0.849. The number of carbonyl (C=O) groups is 1. The minimum Gasteiger partial charge on any atom is -0.487 e. The molecule has 37 heavy (non-hydrogen) atoms. The normalized spacial score (nSPS) is 23.3. The number of ether oxygens (including phenoxy) is 2. The molecule has 0 radical (unpaired) electrons. The third-order valence-corrected chi connectivity index (χ3v) is 9.26. The second-order valence-corrected chi connectivity index (χ2v) is 11.9. The van der Waals surface area contributed by atoms with Crippen LogP contribution >= 0.6 is 0 Å². The molecule has 4 rings (SSSR count). The molecule has 1 fully saturated rings. The topological polar surface area (TPSA) is 96.4 Å². The van der Waals surface area contributed by atoms with E-state index in [-0.39, 0.29) is 53.9 Å². The number of nitrogens with zero attached hydrogens (tertiary/aromatic N) is 2. The molecule has 2 aromatic carbocycles. The van der Waals surface area contributed by atoms with Gasteiger partial charge in [0, 0.05) is 44.7 Å². The Morgan fingerprint density at radius 3 is 2.46 bits per heavy atom. The summed E-state index contributed by atoms with van der Waals surface area (Å²) in [6, 6.07) is 10.1. The lowest BCUT2D eigenvalue weighted by atomic mass is 9.97. The Kier molecular flexibility index (Phi) is 8.52. The van der Waals surface area contributed by atoms with E-state index < -0.39 is 22.2 Å². The average molecular weight is 535 g/mol. The van der Waals surface area contributed by atoms with Crippen LogP contribution in [0.5, 0.6) is 5.75 Å². The molecular formula is C27H35FN2O6S. The Morgan fingerprint density at radius 1 is 1.16 bits per heavy atom. The lowest BCUT2D eigenvalue weighted by molar-refractivity contribution is -0.138. The lowest BCUT2D eigenvalue weighted by Gasteiger charge is -2.38. The van der Waals surface area contributed by atoms with Gasteiger partial charge < -0.3 is 19.5 Å². The molecule has 0 aromatic heterocycles. The summed E-state index contributed by atoms with van der Waals surface area (Å²) in [5, 5.41) is 9.83. The first kappa shape index (κ1) is 27.5. The van der Waals surface area contributed by atoms with Crippen molar-refractivity contribution in [1.82, 2.24) is 9.21 Å². The first-order valence-electron chi connectivity index (χ1n) is 12.6. The summed E-state index contributed by atoms with van der Waals surface area (Å²) in [5.74, 6) is -0.564. The summed E-state index contributed by atoms with van der Waals surface area (Å²) >= 11 is 0. The lowest BCUT2D eigenvalue weighted by Crippen LogP contribution is -2.50. The zero-order valence-electron chi connectivity index (χ0n) is 21.5. The number of benzene rings is 2. The number of halogens is 1. The molecule has 0 saturated carbocycles. The fourth-order valence-electron chi connectivity index (χ4n) is 4.88. The minimum atomic E-state index is -3.98. The highest BCUT2D eigenvalue weighted by molar-refractivity contribution is 7.89. The van der Waals surface area contributed by atoms with Gasteiger partial charge in [-0.05, 0) is 55.2 Å². The van der Waals surface area contributed by atoms with Gasteiger partial charge in [0.25, 0.3) is 0 Å². The molecule has 0 spiro atoms. The molecule has 3 atom stereocenters. The van der Waals surface area contributed by atoms with Crippen molar-refractivity contribution in [3.63, 3.8) is 0 Å². The van der Waals surface area contributed by atoms with Crippen molar-refractivity contribution in [1.29, 1.82) is 0 Å². The van der Waals surface area contributed by atoms with Crippen LogP contribution in [0.2, 0.25) is 0 Å². The van der Waals surface area contributed by atoms with Gasteiger partial charge >= 0.3 is 0 Å². The standard InChI is InChI=1S/C27H35FN2O6S/c1-18-15-30(19(2)17-31)37(33,34)26-9-6-22(20-4-7-23(28)8-5-20)14-24(26)36-25(18)16-29(3)27(32)21-10-12-35-13-11-21/h4-9,14,18-19,21,25,31H,10-13,15-17H2,1-3H3/t18-,19+,25+/m1/s1. The average Bonchev–Trinajstić information content (AvgIpc) is 2.90. The maximum absolute atomic E-state index is 13.7. The van der Waals surface area contributed by atoms with Crippen molar-refractivity contribution < 1.29 is 32.2 Å². The molecular weight excluding hydrogens is 499 g/mol. The van der Waals surface area contributed by atoms with Gasteiger partial charge in [-0.25, -0.2) is 12.8 Å². The van der Waals surface area contributed by atoms with E-state index in [9.17, 15) is 22.7 Å². The number of carbonyl (C=O) groups excluding carboxylic acids is 1. The molecule has 1 amide bonds. The first-order valence-corrected chi connectivity index (χ1v) is 14.1. The third-order valence-electron chi connectivity index (χ3n) is 7.25. The van der Waals surface area contributed by atoms with Gasteiger partial charge in [0.15, 0.2) is 0 Å². The highest BCUT2D eigenvalue weighted by Crippen LogP contribution is 2.36. The molecule has 8 nitrogen and oxygen atoms in total. The Hall–Kier alpha value is -2.53. The van der Waals surface area contributed by atoms with Gasteiger partial charge in [-0.1, -0.05) is 25.1 Å². The van der Waals surface area contributed by atoms with Crippen LogP contribution in [-0.4, -0.2) is 80.7 Å². The molecule has 0 bridgehead atoms. The third kappa shape index (κ3) is 5.98. The van der Waals surface area contributed by atoms with E-state index in [1.807, 2.05) is 6.92 Å². The summed E-state index contributed by atoms with van der Waals surface area (Å²) in [7, 11) is -2.24. The van der Waals surface area contributed by atoms with Crippen molar-refractivity contribution in [3.05, 3.63) is 48.3 Å². The van der Waals surface area contributed by atoms with Crippen LogP contribution in [0.4, 0.5) is 4.39 Å². The Labute approximate surface area is 218 Å². The van der Waals surface area contributed by atoms with E-state index in [1.165, 1.54) is 22.5 Å². The van der Waals surface area contributed by atoms with Crippen molar-refractivity contribution in [3.8, 4) is 16.9 Å². The summed E-state index contributed by atoms with van der Waals surface area (Å²) < 4.78 is 53.9. The second-order valence-electron chi connectivity index (χ2n) is 10.0. The molecule has 1 saturated heterocycles. The number of likely N-dealkylation sites (N-methyl/N-ethyl adjacent to an activating group) is 1. The molecule has 0 unspecified atom stereocenters. The van der Waals surface area contributed by atoms with E-state index >= 15 is 0 Å². The predicted octanol–water partition coefficient (Wildman–Crippen LogP) is 3.15. The number of aliphatic hydroxyl groups is 1. The fourth-order valence-corrected chi connectivity index (χ4v) is 6.71. The largest absolute Gasteiger partial charge is 0.487 e. The SMILES string of the molecule is C[C@@H]1CN([C@@H](C)CO)S(=O)(=O)c2ccc(-c3ccc(F)cc3)cc2O[C@H]1CN(C)C(=O)C1CCOCC1. The number of hydrogen-bond donors (Lipinski definition) is 1. The highest BCUT2D eigenvalue weighted by atomic mass is 32.2. The monoisotopic (exact) mass is 534 g/mol. The van der Waals surface area contributed by atoms with Crippen LogP contribution in [0.25, 0.3) is 11.1 Å². The van der Waals surface area contributed by atoms with Gasteiger partial charge in [-0.15, -0.1) is 0 Å². The number of fused-ring (bicyclic) bond motifs is 1. The molecule has 2 heterocycles. The number of rotatable bonds is 6.